The van der Waals surface area contributed by atoms with Gasteiger partial charge in [0.2, 0.25) is 76.8 Å². The average molecular weight is 1910 g/mol. The minimum Gasteiger partial charge on any atom is -0.508 e. The molecule has 13 amide bonds. The SMILES string of the molecule is C[C@@H]1NC(=O)[C@H](Cc2ccc(O)cc2)NC(=O)[C@@H](NC(=O)[C@H](CCCNC(=N)N)NC(=O)[C@H](CCCNC(=N)N)NC(=O)[C@@H](N)CCCNC(=N)N)CSSC[C@@H](C(=O)N[C@@H](CCCNC(=N)N)C(=O)O)NC(=O)[C@H](CCCNC(=N)N)NC(=O)[C@H](CCCNC(=N)N)NC(=O)[C@H](Cc2ccc(O)cc2)NC(=O)[C@@H]2CCCN2C(=O)[C@H](CCCCN)NC(=O)[C@H](CCCCN)NC1=O. The van der Waals surface area contributed by atoms with Gasteiger partial charge in [-0.05, 0) is 184 Å². The lowest BCUT2D eigenvalue weighted by atomic mass is 10.0. The fourth-order valence-corrected chi connectivity index (χ4v) is 16.2. The quantitative estimate of drug-likeness (QED) is 0.0127. The number of nitrogens with zero attached hydrogens (tertiary/aromatic N) is 1. The minimum atomic E-state index is -1.86. The number of rotatable bonds is 45. The molecule has 133 heavy (non-hydrogen) atoms. The lowest BCUT2D eigenvalue weighted by Gasteiger charge is -2.31. The van der Waals surface area contributed by atoms with Gasteiger partial charge in [-0.1, -0.05) is 45.9 Å². The van der Waals surface area contributed by atoms with E-state index in [9.17, 15) is 44.1 Å². The molecule has 0 spiro atoms. The van der Waals surface area contributed by atoms with Crippen LogP contribution in [0.4, 0.5) is 0 Å². The predicted molar refractivity (Wildman–Crippen MR) is 498 cm³/mol. The van der Waals surface area contributed by atoms with Gasteiger partial charge in [0.1, 0.15) is 90.0 Å². The Morgan fingerprint density at radius 2 is 0.797 bits per heavy atom. The van der Waals surface area contributed by atoms with Gasteiger partial charge in [0.25, 0.3) is 0 Å². The monoisotopic (exact) mass is 1910 g/mol. The van der Waals surface area contributed by atoms with Crippen LogP contribution in [0.25, 0.3) is 0 Å². The lowest BCUT2D eigenvalue weighted by molar-refractivity contribution is -0.142. The minimum absolute atomic E-state index is 0.00376. The number of hydrogen-bond donors (Lipinski definition) is 36. The van der Waals surface area contributed by atoms with Gasteiger partial charge in [-0.15, -0.1) is 0 Å². The lowest BCUT2D eigenvalue weighted by Crippen LogP contribution is -2.61. The topological polar surface area (TPSA) is 897 Å². The van der Waals surface area contributed by atoms with Crippen molar-refractivity contribution >= 4 is 140 Å². The molecule has 2 aromatic rings. The van der Waals surface area contributed by atoms with Gasteiger partial charge in [-0.2, -0.15) is 0 Å². The number of carboxylic acid groups (broad SMARTS) is 1. The first-order valence-corrected chi connectivity index (χ1v) is 46.3. The molecule has 0 aliphatic carbocycles. The Labute approximate surface area is 777 Å². The molecule has 0 unspecified atom stereocenters. The number of fused-ring (bicyclic) bond motifs is 1. The maximum Gasteiger partial charge on any atom is 0.326 e. The number of nitrogens with two attached hydrogens (primary N) is 9. The number of phenols is 2. The summed E-state index contributed by atoms with van der Waals surface area (Å²) in [5.74, 6) is -18.6. The number of amides is 13. The summed E-state index contributed by atoms with van der Waals surface area (Å²) in [7, 11) is 1.47. The molecular formula is C80H136N34O17S2. The number of hydrogen-bond acceptors (Lipinski definition) is 27. The fraction of sp³-hybridized carbons (Fsp3) is 0.600. The van der Waals surface area contributed by atoms with Crippen molar-refractivity contribution in [2.45, 2.75) is 233 Å². The summed E-state index contributed by atoms with van der Waals surface area (Å²) in [4.78, 5) is 209. The number of carbonyl (C=O) groups excluding carboxylic acids is 13. The smallest absolute Gasteiger partial charge is 0.326 e. The highest BCUT2D eigenvalue weighted by molar-refractivity contribution is 8.76. The molecule has 14 atom stereocenters. The van der Waals surface area contributed by atoms with E-state index < -0.39 is 215 Å². The summed E-state index contributed by atoms with van der Waals surface area (Å²) in [6.45, 7) is 1.45. The number of phenolic OH excluding ortho intramolecular Hbond substituents is 2. The second-order valence-electron chi connectivity index (χ2n) is 31.8. The van der Waals surface area contributed by atoms with Crippen molar-refractivity contribution in [1.29, 1.82) is 32.5 Å². The second-order valence-corrected chi connectivity index (χ2v) is 34.4. The Balaban J connectivity index is 2.07. The van der Waals surface area contributed by atoms with Gasteiger partial charge in [-0.3, -0.25) is 94.8 Å². The molecule has 2 saturated heterocycles. The van der Waals surface area contributed by atoms with Crippen LogP contribution in [0.1, 0.15) is 146 Å². The Morgan fingerprint density at radius 3 is 1.26 bits per heavy atom. The van der Waals surface area contributed by atoms with Crippen LogP contribution in [0, 0.1) is 32.5 Å². The first-order valence-electron chi connectivity index (χ1n) is 43.8. The zero-order chi connectivity index (χ0) is 98.7. The molecule has 740 valence electrons. The zero-order valence-electron chi connectivity index (χ0n) is 74.6. The molecule has 0 saturated carbocycles. The molecule has 4 rings (SSSR count). The molecule has 0 aromatic heterocycles. The standard InChI is InChI=1S/C80H136N34O17S2/c1-43-61(117)103-49(14-2-4-30-81)65(121)108-54(15-3-5-31-82)73(129)114-38-12-21-60(114)72(128)111-57(40-45-24-28-47(116)29-25-45)69(125)107-51(17-8-34-98-77(88)89)64(120)106-53(19-10-36-100-79(92)93)66(122)112-58(70(126)109-55(74(130)131)20-11-37-101-80(94)95)41-132-133-42-59(71(127)110-56(68(124)102-43)39-44-22-26-46(115)27-23-44)113-67(123)52(18-9-35-99-78(90)91)105-63(119)50(16-7-33-97-76(86)87)104-62(118)48(83)13-6-32-96-75(84)85/h22-29,43,48-60,115-116H,2-21,30-42,81-83H2,1H3,(H,102,124)(H,103,117)(H,104,118)(H,105,119)(H,106,120)(H,107,125)(H,108,121)(H,109,126)(H,110,127)(H,111,128)(H,112,122)(H,113,123)(H,130,131)(H4,84,85,96)(H4,86,87,97)(H4,88,89,98)(H4,90,91,99)(H4,92,93,100)(H4,94,95,101)/t43-,48-,49-,50-,51-,52-,53-,54-,55-,56-,57-,58-,59-,60-/m0/s1. The molecular weight excluding hydrogens is 1770 g/mol. The fourth-order valence-electron chi connectivity index (χ4n) is 13.8. The highest BCUT2D eigenvalue weighted by atomic mass is 33.1. The first-order chi connectivity index (χ1) is 63.2. The highest BCUT2D eigenvalue weighted by Crippen LogP contribution is 2.26. The number of aliphatic carboxylic acids is 1. The summed E-state index contributed by atoms with van der Waals surface area (Å²) in [5.41, 5.74) is 52.1. The van der Waals surface area contributed by atoms with Crippen LogP contribution in [-0.4, -0.2) is 294 Å². The Bertz CT molecular complexity index is 4240. The maximum absolute atomic E-state index is 15.6. The average Bonchev–Trinajstić information content (AvgIpc) is 1.70. The number of carboxylic acids is 1. The summed E-state index contributed by atoms with van der Waals surface area (Å²) in [5, 5.41) is 125. The van der Waals surface area contributed by atoms with Crippen molar-refractivity contribution in [3.05, 3.63) is 59.7 Å². The predicted octanol–water partition coefficient (Wildman–Crippen LogP) is -8.64. The second kappa shape index (κ2) is 60.7. The van der Waals surface area contributed by atoms with E-state index >= 15 is 38.4 Å². The van der Waals surface area contributed by atoms with Crippen LogP contribution in [0.3, 0.4) is 0 Å². The zero-order valence-corrected chi connectivity index (χ0v) is 76.2. The van der Waals surface area contributed by atoms with Gasteiger partial charge < -0.3 is 168 Å². The molecule has 2 aromatic carbocycles. The van der Waals surface area contributed by atoms with Gasteiger partial charge >= 0.3 is 5.97 Å². The normalized spacial score (nSPS) is 20.8. The molecule has 2 fully saturated rings. The Kier molecular flexibility index (Phi) is 51.2. The van der Waals surface area contributed by atoms with Crippen molar-refractivity contribution in [1.82, 2.24) is 101 Å². The van der Waals surface area contributed by atoms with E-state index in [2.05, 4.69) is 95.7 Å². The van der Waals surface area contributed by atoms with Crippen molar-refractivity contribution in [3.8, 4) is 11.5 Å². The van der Waals surface area contributed by atoms with E-state index in [0.717, 1.165) is 21.6 Å². The molecule has 2 heterocycles. The third kappa shape index (κ3) is 44.1. The molecule has 51 nitrogen and oxygen atoms in total. The van der Waals surface area contributed by atoms with Crippen LogP contribution in [0.15, 0.2) is 48.5 Å². The highest BCUT2D eigenvalue weighted by Gasteiger charge is 2.42. The van der Waals surface area contributed by atoms with Gasteiger partial charge in [0.05, 0.1) is 6.04 Å². The number of aromatic hydroxyl groups is 2. The van der Waals surface area contributed by atoms with Crippen molar-refractivity contribution in [3.63, 3.8) is 0 Å². The van der Waals surface area contributed by atoms with Crippen molar-refractivity contribution in [2.24, 2.45) is 51.6 Å². The van der Waals surface area contributed by atoms with Crippen molar-refractivity contribution < 1.29 is 82.4 Å². The van der Waals surface area contributed by atoms with E-state index in [1.807, 2.05) is 0 Å². The third-order valence-corrected chi connectivity index (χ3v) is 23.4. The molecule has 0 radical (unpaired) electrons. The van der Waals surface area contributed by atoms with Crippen LogP contribution >= 0.6 is 21.6 Å². The first kappa shape index (κ1) is 112. The van der Waals surface area contributed by atoms with E-state index in [0.29, 0.717) is 24.0 Å². The molecule has 0 bridgehead atoms. The molecule has 53 heteroatoms. The van der Waals surface area contributed by atoms with E-state index in [4.69, 9.17) is 84.1 Å². The summed E-state index contributed by atoms with van der Waals surface area (Å²) in [6, 6.07) is -11.2. The maximum atomic E-state index is 15.6. The molecule has 2 aliphatic heterocycles. The Hall–Kier alpha value is -13.2. The van der Waals surface area contributed by atoms with Crippen LogP contribution in [0.2, 0.25) is 0 Å². The van der Waals surface area contributed by atoms with Crippen LogP contribution < -0.4 is 147 Å². The van der Waals surface area contributed by atoms with E-state index in [1.54, 1.807) is 0 Å². The number of carbonyl (C=O) groups is 14. The molecule has 45 N–H and O–H groups in total. The number of guanidine groups is 6. The molecule has 2 aliphatic rings. The third-order valence-electron chi connectivity index (χ3n) is 21.0. The largest absolute Gasteiger partial charge is 0.508 e. The summed E-state index contributed by atoms with van der Waals surface area (Å²) >= 11 is 0. The van der Waals surface area contributed by atoms with Crippen LogP contribution in [-0.2, 0) is 80.0 Å². The van der Waals surface area contributed by atoms with E-state index in [1.165, 1.54) is 60.4 Å². The van der Waals surface area contributed by atoms with Gasteiger partial charge in [0, 0.05) is 70.2 Å². The summed E-state index contributed by atoms with van der Waals surface area (Å²) < 4.78 is 0. The van der Waals surface area contributed by atoms with Crippen LogP contribution in [0.5, 0.6) is 11.5 Å². The van der Waals surface area contributed by atoms with Crippen molar-refractivity contribution in [2.75, 3.05) is 70.4 Å². The van der Waals surface area contributed by atoms with Gasteiger partial charge in [0.15, 0.2) is 35.8 Å². The summed E-state index contributed by atoms with van der Waals surface area (Å²) in [6.07, 6.45) is -0.521. The Morgan fingerprint density at radius 1 is 0.429 bits per heavy atom. The van der Waals surface area contributed by atoms with E-state index in [-0.39, 0.29) is 198 Å². The number of nitrogens with one attached hydrogen (secondary N) is 24. The van der Waals surface area contributed by atoms with Gasteiger partial charge in [-0.25, -0.2) is 4.79 Å². The number of benzene rings is 2. The number of unbranched alkanes of at least 4 members (excludes halogenated alkanes) is 2.